The average molecular weight is 301 g/mol. The molecular formula is C16H19N3O3. The van der Waals surface area contributed by atoms with Gasteiger partial charge in [0.1, 0.15) is 0 Å². The van der Waals surface area contributed by atoms with Gasteiger partial charge < -0.3 is 10.2 Å². The van der Waals surface area contributed by atoms with Crippen LogP contribution in [-0.4, -0.2) is 48.8 Å². The number of carbonyl (C=O) groups is 3. The highest BCUT2D eigenvalue weighted by Crippen LogP contribution is 2.25. The summed E-state index contributed by atoms with van der Waals surface area (Å²) < 4.78 is 0. The smallest absolute Gasteiger partial charge is 0.253 e. The maximum Gasteiger partial charge on any atom is 0.253 e. The molecule has 0 aliphatic carbocycles. The number of piperazine rings is 1. The number of carbonyl (C=O) groups excluding carboxylic acids is 3. The molecule has 1 atom stereocenters. The third-order valence-corrected chi connectivity index (χ3v) is 4.20. The number of rotatable bonds is 2. The van der Waals surface area contributed by atoms with Crippen LogP contribution in [0.5, 0.6) is 0 Å². The molecule has 2 heterocycles. The highest BCUT2D eigenvalue weighted by atomic mass is 16.2. The van der Waals surface area contributed by atoms with Crippen molar-refractivity contribution in [1.82, 2.24) is 15.5 Å². The van der Waals surface area contributed by atoms with Crippen molar-refractivity contribution in [3.8, 4) is 0 Å². The van der Waals surface area contributed by atoms with Gasteiger partial charge >= 0.3 is 0 Å². The molecule has 0 spiro atoms. The molecule has 0 aromatic heterocycles. The zero-order valence-electron chi connectivity index (χ0n) is 12.3. The van der Waals surface area contributed by atoms with Crippen molar-refractivity contribution in [1.29, 1.82) is 0 Å². The molecule has 2 aliphatic rings. The van der Waals surface area contributed by atoms with Gasteiger partial charge in [0.15, 0.2) is 0 Å². The van der Waals surface area contributed by atoms with Crippen LogP contribution < -0.4 is 10.6 Å². The maximum atomic E-state index is 12.4. The van der Waals surface area contributed by atoms with Crippen molar-refractivity contribution in [2.45, 2.75) is 18.8 Å². The van der Waals surface area contributed by atoms with E-state index in [0.717, 1.165) is 18.7 Å². The first-order valence-corrected chi connectivity index (χ1v) is 7.59. The Hall–Kier alpha value is -2.21. The van der Waals surface area contributed by atoms with Crippen LogP contribution in [-0.2, 0) is 9.59 Å². The molecule has 22 heavy (non-hydrogen) atoms. The third-order valence-electron chi connectivity index (χ3n) is 4.20. The first kappa shape index (κ1) is 14.7. The topological polar surface area (TPSA) is 78.5 Å². The lowest BCUT2D eigenvalue weighted by Crippen LogP contribution is -2.46. The second kappa shape index (κ2) is 6.27. The van der Waals surface area contributed by atoms with Crippen LogP contribution in [0.1, 0.15) is 34.7 Å². The Morgan fingerprint density at radius 1 is 1.09 bits per heavy atom. The van der Waals surface area contributed by atoms with Crippen LogP contribution in [0.15, 0.2) is 24.3 Å². The standard InChI is InChI=1S/C16H19N3O3/c20-14-6-5-13(15(21)18-14)11-1-3-12(4-2-11)16(22)19-9-7-17-8-10-19/h1-4,13,17H,5-10H2,(H,18,20,21). The lowest BCUT2D eigenvalue weighted by Gasteiger charge is -2.27. The van der Waals surface area contributed by atoms with E-state index >= 15 is 0 Å². The van der Waals surface area contributed by atoms with Gasteiger partial charge in [0.25, 0.3) is 5.91 Å². The summed E-state index contributed by atoms with van der Waals surface area (Å²) in [4.78, 5) is 37.2. The fraction of sp³-hybridized carbons (Fsp3) is 0.438. The fourth-order valence-corrected chi connectivity index (χ4v) is 2.92. The third kappa shape index (κ3) is 3.01. The minimum atomic E-state index is -0.305. The molecule has 0 radical (unpaired) electrons. The number of benzene rings is 1. The summed E-state index contributed by atoms with van der Waals surface area (Å²) in [6.07, 6.45) is 0.883. The van der Waals surface area contributed by atoms with E-state index in [1.54, 1.807) is 12.1 Å². The largest absolute Gasteiger partial charge is 0.336 e. The molecule has 1 unspecified atom stereocenters. The first-order chi connectivity index (χ1) is 10.6. The molecule has 3 rings (SSSR count). The van der Waals surface area contributed by atoms with Crippen molar-refractivity contribution < 1.29 is 14.4 Å². The average Bonchev–Trinajstić information content (AvgIpc) is 2.55. The number of amides is 3. The van der Waals surface area contributed by atoms with E-state index in [2.05, 4.69) is 10.6 Å². The highest BCUT2D eigenvalue weighted by molar-refractivity contribution is 6.01. The van der Waals surface area contributed by atoms with E-state index in [4.69, 9.17) is 0 Å². The van der Waals surface area contributed by atoms with Crippen LogP contribution >= 0.6 is 0 Å². The van der Waals surface area contributed by atoms with E-state index in [9.17, 15) is 14.4 Å². The molecular weight excluding hydrogens is 282 g/mol. The molecule has 6 heteroatoms. The maximum absolute atomic E-state index is 12.4. The molecule has 2 N–H and O–H groups in total. The Morgan fingerprint density at radius 2 is 1.77 bits per heavy atom. The molecule has 3 amide bonds. The SMILES string of the molecule is O=C1CCC(c2ccc(C(=O)N3CCNCC3)cc2)C(=O)N1. The summed E-state index contributed by atoms with van der Waals surface area (Å²) in [5.41, 5.74) is 1.49. The molecule has 116 valence electrons. The van der Waals surface area contributed by atoms with Gasteiger partial charge in [-0.15, -0.1) is 0 Å². The van der Waals surface area contributed by atoms with Crippen molar-refractivity contribution >= 4 is 17.7 Å². The van der Waals surface area contributed by atoms with Gasteiger partial charge in [0, 0.05) is 38.2 Å². The van der Waals surface area contributed by atoms with Gasteiger partial charge in [-0.25, -0.2) is 0 Å². The Morgan fingerprint density at radius 3 is 2.41 bits per heavy atom. The number of nitrogens with one attached hydrogen (secondary N) is 2. The first-order valence-electron chi connectivity index (χ1n) is 7.59. The summed E-state index contributed by atoms with van der Waals surface area (Å²) in [5.74, 6) is -0.749. The predicted molar refractivity (Wildman–Crippen MR) is 80.3 cm³/mol. The second-order valence-corrected chi connectivity index (χ2v) is 5.67. The van der Waals surface area contributed by atoms with Crippen molar-refractivity contribution in [3.05, 3.63) is 35.4 Å². The second-order valence-electron chi connectivity index (χ2n) is 5.67. The Labute approximate surface area is 128 Å². The minimum absolute atomic E-state index is 0.0244. The van der Waals surface area contributed by atoms with Gasteiger partial charge in [0.05, 0.1) is 5.92 Å². The number of nitrogens with zero attached hydrogens (tertiary/aromatic N) is 1. The summed E-state index contributed by atoms with van der Waals surface area (Å²) in [7, 11) is 0. The summed E-state index contributed by atoms with van der Waals surface area (Å²) in [6, 6.07) is 7.16. The number of piperidine rings is 1. The fourth-order valence-electron chi connectivity index (χ4n) is 2.92. The van der Waals surface area contributed by atoms with E-state index in [1.165, 1.54) is 0 Å². The van der Waals surface area contributed by atoms with E-state index in [-0.39, 0.29) is 23.6 Å². The number of hydrogen-bond acceptors (Lipinski definition) is 4. The molecule has 2 aliphatic heterocycles. The van der Waals surface area contributed by atoms with Crippen molar-refractivity contribution in [2.75, 3.05) is 26.2 Å². The number of hydrogen-bond donors (Lipinski definition) is 2. The summed E-state index contributed by atoms with van der Waals surface area (Å²) in [6.45, 7) is 3.07. The monoisotopic (exact) mass is 301 g/mol. The van der Waals surface area contributed by atoms with Crippen LogP contribution in [0.25, 0.3) is 0 Å². The molecule has 2 saturated heterocycles. The van der Waals surface area contributed by atoms with Crippen molar-refractivity contribution in [3.63, 3.8) is 0 Å². The van der Waals surface area contributed by atoms with Crippen molar-refractivity contribution in [2.24, 2.45) is 0 Å². The van der Waals surface area contributed by atoms with Crippen LogP contribution in [0.3, 0.4) is 0 Å². The molecule has 1 aromatic rings. The zero-order chi connectivity index (χ0) is 15.5. The number of imide groups is 1. The highest BCUT2D eigenvalue weighted by Gasteiger charge is 2.28. The quantitative estimate of drug-likeness (QED) is 0.768. The lowest BCUT2D eigenvalue weighted by molar-refractivity contribution is -0.134. The lowest BCUT2D eigenvalue weighted by atomic mass is 9.90. The van der Waals surface area contributed by atoms with Crippen LogP contribution in [0.4, 0.5) is 0 Å². The Balaban J connectivity index is 1.71. The molecule has 2 fully saturated rings. The Kier molecular flexibility index (Phi) is 4.20. The van der Waals surface area contributed by atoms with Gasteiger partial charge in [-0.2, -0.15) is 0 Å². The summed E-state index contributed by atoms with van der Waals surface area (Å²) in [5, 5.41) is 5.57. The van der Waals surface area contributed by atoms with E-state index in [0.29, 0.717) is 31.5 Å². The Bertz CT molecular complexity index is 591. The molecule has 6 nitrogen and oxygen atoms in total. The van der Waals surface area contributed by atoms with Gasteiger partial charge in [0.2, 0.25) is 11.8 Å². The summed E-state index contributed by atoms with van der Waals surface area (Å²) >= 11 is 0. The van der Waals surface area contributed by atoms with Crippen LogP contribution in [0, 0.1) is 0 Å². The van der Waals surface area contributed by atoms with Gasteiger partial charge in [-0.3, -0.25) is 19.7 Å². The van der Waals surface area contributed by atoms with E-state index < -0.39 is 0 Å². The van der Waals surface area contributed by atoms with Crippen LogP contribution in [0.2, 0.25) is 0 Å². The van der Waals surface area contributed by atoms with Gasteiger partial charge in [-0.05, 0) is 24.1 Å². The zero-order valence-corrected chi connectivity index (χ0v) is 12.3. The van der Waals surface area contributed by atoms with E-state index in [1.807, 2.05) is 17.0 Å². The molecule has 1 aromatic carbocycles. The predicted octanol–water partition coefficient (Wildman–Crippen LogP) is 0.252. The van der Waals surface area contributed by atoms with Gasteiger partial charge in [-0.1, -0.05) is 12.1 Å². The molecule has 0 bridgehead atoms. The molecule has 0 saturated carbocycles. The minimum Gasteiger partial charge on any atom is -0.336 e. The normalized spacial score (nSPS) is 22.4.